The van der Waals surface area contributed by atoms with Gasteiger partial charge in [0.05, 0.1) is 5.69 Å². The lowest BCUT2D eigenvalue weighted by Crippen LogP contribution is -2.28. The van der Waals surface area contributed by atoms with Crippen LogP contribution in [-0.4, -0.2) is 24.0 Å². The standard InChI is InChI=1S/C10H13N3O/c1-8(14)13-7-3-6-12-10-9(13)4-2-5-11-10/h2,4-5H,3,6-7H2,1H3,(H,11,12). The second kappa shape index (κ2) is 3.65. The van der Waals surface area contributed by atoms with E-state index in [2.05, 4.69) is 10.3 Å². The minimum Gasteiger partial charge on any atom is -0.368 e. The fourth-order valence-corrected chi connectivity index (χ4v) is 1.64. The lowest BCUT2D eigenvalue weighted by Gasteiger charge is -2.19. The number of aromatic nitrogens is 1. The number of nitrogens with one attached hydrogen (secondary N) is 1. The predicted molar refractivity (Wildman–Crippen MR) is 55.4 cm³/mol. The third-order valence-electron chi connectivity index (χ3n) is 2.31. The van der Waals surface area contributed by atoms with Crippen molar-refractivity contribution in [1.29, 1.82) is 0 Å². The maximum Gasteiger partial charge on any atom is 0.223 e. The molecule has 1 aliphatic heterocycles. The molecule has 0 unspecified atom stereocenters. The van der Waals surface area contributed by atoms with E-state index in [1.807, 2.05) is 12.1 Å². The zero-order valence-electron chi connectivity index (χ0n) is 8.16. The van der Waals surface area contributed by atoms with Crippen LogP contribution in [0.2, 0.25) is 0 Å². The van der Waals surface area contributed by atoms with Gasteiger partial charge in [0.15, 0.2) is 0 Å². The predicted octanol–water partition coefficient (Wildman–Crippen LogP) is 1.25. The van der Waals surface area contributed by atoms with Gasteiger partial charge >= 0.3 is 0 Å². The molecule has 74 valence electrons. The van der Waals surface area contributed by atoms with Gasteiger partial charge < -0.3 is 10.2 Å². The zero-order valence-corrected chi connectivity index (χ0v) is 8.16. The van der Waals surface area contributed by atoms with Gasteiger partial charge in [0, 0.05) is 26.2 Å². The Morgan fingerprint density at radius 2 is 2.50 bits per heavy atom. The van der Waals surface area contributed by atoms with E-state index < -0.39 is 0 Å². The van der Waals surface area contributed by atoms with Gasteiger partial charge in [0.1, 0.15) is 5.82 Å². The van der Waals surface area contributed by atoms with Gasteiger partial charge in [0.25, 0.3) is 0 Å². The summed E-state index contributed by atoms with van der Waals surface area (Å²) >= 11 is 0. The van der Waals surface area contributed by atoms with E-state index in [0.29, 0.717) is 0 Å². The van der Waals surface area contributed by atoms with Crippen molar-refractivity contribution in [2.24, 2.45) is 0 Å². The van der Waals surface area contributed by atoms with Gasteiger partial charge in [-0.1, -0.05) is 0 Å². The van der Waals surface area contributed by atoms with E-state index in [1.54, 1.807) is 18.0 Å². The molecule has 0 aliphatic carbocycles. The molecule has 14 heavy (non-hydrogen) atoms. The van der Waals surface area contributed by atoms with Crippen molar-refractivity contribution in [3.63, 3.8) is 0 Å². The molecule has 2 heterocycles. The van der Waals surface area contributed by atoms with Crippen LogP contribution in [0.3, 0.4) is 0 Å². The molecule has 1 aromatic rings. The largest absolute Gasteiger partial charge is 0.368 e. The van der Waals surface area contributed by atoms with Gasteiger partial charge in [0.2, 0.25) is 5.91 Å². The monoisotopic (exact) mass is 191 g/mol. The van der Waals surface area contributed by atoms with Crippen molar-refractivity contribution in [2.75, 3.05) is 23.3 Å². The topological polar surface area (TPSA) is 45.2 Å². The molecule has 1 N–H and O–H groups in total. The smallest absolute Gasteiger partial charge is 0.223 e. The first-order valence-electron chi connectivity index (χ1n) is 4.76. The zero-order chi connectivity index (χ0) is 9.97. The van der Waals surface area contributed by atoms with E-state index in [0.717, 1.165) is 31.0 Å². The Balaban J connectivity index is 2.42. The Hall–Kier alpha value is -1.58. The number of carbonyl (C=O) groups is 1. The average Bonchev–Trinajstić information content (AvgIpc) is 2.39. The maximum absolute atomic E-state index is 11.4. The van der Waals surface area contributed by atoms with Crippen LogP contribution >= 0.6 is 0 Å². The molecule has 2 rings (SSSR count). The summed E-state index contributed by atoms with van der Waals surface area (Å²) in [7, 11) is 0. The molecular formula is C10H13N3O. The highest BCUT2D eigenvalue weighted by atomic mass is 16.2. The Morgan fingerprint density at radius 3 is 3.29 bits per heavy atom. The Bertz CT molecular complexity index is 351. The quantitative estimate of drug-likeness (QED) is 0.671. The van der Waals surface area contributed by atoms with E-state index in [4.69, 9.17) is 0 Å². The molecule has 0 atom stereocenters. The summed E-state index contributed by atoms with van der Waals surface area (Å²) in [5, 5.41) is 3.20. The second-order valence-corrected chi connectivity index (χ2v) is 3.32. The van der Waals surface area contributed by atoms with Crippen LogP contribution in [-0.2, 0) is 4.79 Å². The highest BCUT2D eigenvalue weighted by Crippen LogP contribution is 2.25. The minimum atomic E-state index is 0.0722. The number of pyridine rings is 1. The average molecular weight is 191 g/mol. The number of hydrogen-bond donors (Lipinski definition) is 1. The summed E-state index contributed by atoms with van der Waals surface area (Å²) in [6, 6.07) is 3.77. The minimum absolute atomic E-state index is 0.0722. The number of anilines is 2. The van der Waals surface area contributed by atoms with Crippen LogP contribution in [0.1, 0.15) is 13.3 Å². The number of nitrogens with zero attached hydrogens (tertiary/aromatic N) is 2. The fraction of sp³-hybridized carbons (Fsp3) is 0.400. The van der Waals surface area contributed by atoms with Crippen LogP contribution in [0.4, 0.5) is 11.5 Å². The summed E-state index contributed by atoms with van der Waals surface area (Å²) in [4.78, 5) is 17.4. The summed E-state index contributed by atoms with van der Waals surface area (Å²) in [6.07, 6.45) is 2.69. The van der Waals surface area contributed by atoms with Crippen LogP contribution in [0, 0.1) is 0 Å². The van der Waals surface area contributed by atoms with E-state index in [9.17, 15) is 4.79 Å². The lowest BCUT2D eigenvalue weighted by atomic mass is 10.3. The third-order valence-corrected chi connectivity index (χ3v) is 2.31. The van der Waals surface area contributed by atoms with E-state index in [-0.39, 0.29) is 5.91 Å². The van der Waals surface area contributed by atoms with Crippen molar-refractivity contribution in [3.8, 4) is 0 Å². The van der Waals surface area contributed by atoms with Gasteiger partial charge in [-0.2, -0.15) is 0 Å². The molecule has 1 aromatic heterocycles. The molecule has 1 aliphatic rings. The third kappa shape index (κ3) is 1.55. The second-order valence-electron chi connectivity index (χ2n) is 3.32. The Morgan fingerprint density at radius 1 is 1.64 bits per heavy atom. The Kier molecular flexibility index (Phi) is 2.35. The first-order chi connectivity index (χ1) is 6.79. The van der Waals surface area contributed by atoms with Crippen molar-refractivity contribution in [1.82, 2.24) is 4.98 Å². The van der Waals surface area contributed by atoms with Gasteiger partial charge in [-0.05, 0) is 18.6 Å². The van der Waals surface area contributed by atoms with Crippen molar-refractivity contribution in [3.05, 3.63) is 18.3 Å². The number of carbonyl (C=O) groups excluding carboxylic acids is 1. The molecule has 0 radical (unpaired) electrons. The van der Waals surface area contributed by atoms with Crippen molar-refractivity contribution in [2.45, 2.75) is 13.3 Å². The molecular weight excluding hydrogens is 178 g/mol. The highest BCUT2D eigenvalue weighted by Gasteiger charge is 2.17. The molecule has 4 nitrogen and oxygen atoms in total. The molecule has 1 amide bonds. The summed E-state index contributed by atoms with van der Waals surface area (Å²) in [6.45, 7) is 3.22. The van der Waals surface area contributed by atoms with E-state index in [1.165, 1.54) is 0 Å². The number of amides is 1. The molecule has 0 fully saturated rings. The fourth-order valence-electron chi connectivity index (χ4n) is 1.64. The molecule has 0 saturated carbocycles. The maximum atomic E-state index is 11.4. The summed E-state index contributed by atoms with van der Waals surface area (Å²) < 4.78 is 0. The molecule has 0 bridgehead atoms. The number of fused-ring (bicyclic) bond motifs is 1. The molecule has 0 spiro atoms. The van der Waals surface area contributed by atoms with Crippen LogP contribution < -0.4 is 10.2 Å². The van der Waals surface area contributed by atoms with Gasteiger partial charge in [-0.3, -0.25) is 4.79 Å². The van der Waals surface area contributed by atoms with Crippen LogP contribution in [0.15, 0.2) is 18.3 Å². The van der Waals surface area contributed by atoms with Crippen LogP contribution in [0.5, 0.6) is 0 Å². The number of hydrogen-bond acceptors (Lipinski definition) is 3. The highest BCUT2D eigenvalue weighted by molar-refractivity contribution is 5.94. The SMILES string of the molecule is CC(=O)N1CCCNc2ncccc21. The lowest BCUT2D eigenvalue weighted by molar-refractivity contribution is -0.116. The summed E-state index contributed by atoms with van der Waals surface area (Å²) in [5.74, 6) is 0.878. The van der Waals surface area contributed by atoms with Gasteiger partial charge in [-0.15, -0.1) is 0 Å². The molecule has 0 saturated heterocycles. The number of rotatable bonds is 0. The molecule has 4 heteroatoms. The normalized spacial score (nSPS) is 15.4. The van der Waals surface area contributed by atoms with Gasteiger partial charge in [-0.25, -0.2) is 4.98 Å². The van der Waals surface area contributed by atoms with Crippen LogP contribution in [0.25, 0.3) is 0 Å². The molecule has 0 aromatic carbocycles. The van der Waals surface area contributed by atoms with E-state index >= 15 is 0 Å². The first-order valence-corrected chi connectivity index (χ1v) is 4.76. The summed E-state index contributed by atoms with van der Waals surface area (Å²) in [5.41, 5.74) is 0.887. The Labute approximate surface area is 82.9 Å². The van der Waals surface area contributed by atoms with Crippen molar-refractivity contribution < 1.29 is 4.79 Å². The first kappa shape index (κ1) is 8.99. The van der Waals surface area contributed by atoms with Crippen molar-refractivity contribution >= 4 is 17.4 Å².